The van der Waals surface area contributed by atoms with Crippen LogP contribution in [0, 0.1) is 13.8 Å². The number of hydrogen-bond donors (Lipinski definition) is 0. The number of amides is 1. The minimum absolute atomic E-state index is 0.0524. The van der Waals surface area contributed by atoms with E-state index in [0.29, 0.717) is 19.6 Å². The van der Waals surface area contributed by atoms with E-state index < -0.39 is 5.97 Å². The molecule has 1 aromatic carbocycles. The molecule has 25 heavy (non-hydrogen) atoms. The van der Waals surface area contributed by atoms with Gasteiger partial charge in [0.15, 0.2) is 0 Å². The van der Waals surface area contributed by atoms with Gasteiger partial charge in [0.25, 0.3) is 0 Å². The van der Waals surface area contributed by atoms with Crippen LogP contribution in [0.1, 0.15) is 35.9 Å². The van der Waals surface area contributed by atoms with E-state index >= 15 is 0 Å². The third kappa shape index (κ3) is 5.45. The summed E-state index contributed by atoms with van der Waals surface area (Å²) in [5.41, 5.74) is 2.71. The molecule has 0 aliphatic carbocycles. The highest BCUT2D eigenvalue weighted by atomic mass is 16.5. The maximum Gasteiger partial charge on any atom is 0.325 e. The number of benzene rings is 1. The first-order valence-electron chi connectivity index (χ1n) is 8.40. The van der Waals surface area contributed by atoms with Gasteiger partial charge in [-0.15, -0.1) is 0 Å². The van der Waals surface area contributed by atoms with E-state index in [9.17, 15) is 9.59 Å². The highest BCUT2D eigenvalue weighted by molar-refractivity contribution is 5.82. The summed E-state index contributed by atoms with van der Waals surface area (Å²) in [6.07, 6.45) is 0.823. The molecule has 0 fully saturated rings. The molecule has 2 rings (SSSR count). The van der Waals surface area contributed by atoms with Crippen LogP contribution in [0.15, 0.2) is 34.9 Å². The standard InChI is InChI=1S/C19H24N2O4/c1-4-24-19(23)13-21(12-16-8-6-5-7-9-16)18(22)11-10-17-14(2)20-25-15(17)3/h5-9H,4,10-13H2,1-3H3. The number of carbonyl (C=O) groups is 2. The molecule has 0 saturated carbocycles. The van der Waals surface area contributed by atoms with Gasteiger partial charge in [-0.3, -0.25) is 9.59 Å². The van der Waals surface area contributed by atoms with E-state index in [-0.39, 0.29) is 18.9 Å². The molecule has 6 heteroatoms. The summed E-state index contributed by atoms with van der Waals surface area (Å²) < 4.78 is 10.1. The first-order chi connectivity index (χ1) is 12.0. The van der Waals surface area contributed by atoms with Gasteiger partial charge in [0.1, 0.15) is 12.3 Å². The molecule has 1 aromatic heterocycles. The second kappa shape index (κ2) is 9.01. The molecule has 0 N–H and O–H groups in total. The molecule has 0 aliphatic heterocycles. The number of nitrogens with zero attached hydrogens (tertiary/aromatic N) is 2. The number of carbonyl (C=O) groups excluding carboxylic acids is 2. The van der Waals surface area contributed by atoms with Crippen molar-refractivity contribution >= 4 is 11.9 Å². The highest BCUT2D eigenvalue weighted by Crippen LogP contribution is 2.16. The lowest BCUT2D eigenvalue weighted by atomic mass is 10.1. The first kappa shape index (κ1) is 18.7. The Hall–Kier alpha value is -2.63. The van der Waals surface area contributed by atoms with E-state index in [2.05, 4.69) is 5.16 Å². The predicted molar refractivity (Wildman–Crippen MR) is 92.8 cm³/mol. The average molecular weight is 344 g/mol. The summed E-state index contributed by atoms with van der Waals surface area (Å²) in [5.74, 6) is 0.228. The summed E-state index contributed by atoms with van der Waals surface area (Å²) in [6, 6.07) is 9.59. The zero-order valence-electron chi connectivity index (χ0n) is 14.9. The average Bonchev–Trinajstić information content (AvgIpc) is 2.91. The lowest BCUT2D eigenvalue weighted by Gasteiger charge is -2.22. The number of esters is 1. The molecular formula is C19H24N2O4. The molecule has 2 aromatic rings. The van der Waals surface area contributed by atoms with Gasteiger partial charge in [-0.1, -0.05) is 35.5 Å². The minimum Gasteiger partial charge on any atom is -0.465 e. The number of ether oxygens (including phenoxy) is 1. The van der Waals surface area contributed by atoms with Crippen molar-refractivity contribution in [2.45, 2.75) is 40.2 Å². The Bertz CT molecular complexity index is 690. The fraction of sp³-hybridized carbons (Fsp3) is 0.421. The molecule has 1 amide bonds. The van der Waals surface area contributed by atoms with Crippen LogP contribution in [0.4, 0.5) is 0 Å². The zero-order chi connectivity index (χ0) is 18.2. The van der Waals surface area contributed by atoms with Crippen molar-refractivity contribution in [2.75, 3.05) is 13.2 Å². The quantitative estimate of drug-likeness (QED) is 0.689. The Kier molecular flexibility index (Phi) is 6.74. The molecule has 134 valence electrons. The van der Waals surface area contributed by atoms with Crippen molar-refractivity contribution in [3.05, 3.63) is 52.9 Å². The van der Waals surface area contributed by atoms with E-state index in [1.807, 2.05) is 44.2 Å². The number of hydrogen-bond acceptors (Lipinski definition) is 5. The summed E-state index contributed by atoms with van der Waals surface area (Å²) >= 11 is 0. The molecule has 6 nitrogen and oxygen atoms in total. The van der Waals surface area contributed by atoms with E-state index in [1.54, 1.807) is 6.92 Å². The third-order valence-corrected chi connectivity index (χ3v) is 3.96. The van der Waals surface area contributed by atoms with Crippen LogP contribution in [0.5, 0.6) is 0 Å². The van der Waals surface area contributed by atoms with E-state index in [4.69, 9.17) is 9.26 Å². The Labute approximate surface area is 147 Å². The van der Waals surface area contributed by atoms with Crippen LogP contribution in [0.25, 0.3) is 0 Å². The normalized spacial score (nSPS) is 10.5. The van der Waals surface area contributed by atoms with Crippen LogP contribution < -0.4 is 0 Å². The Morgan fingerprint density at radius 2 is 1.92 bits per heavy atom. The van der Waals surface area contributed by atoms with E-state index in [0.717, 1.165) is 22.6 Å². The van der Waals surface area contributed by atoms with Gasteiger partial charge in [-0.25, -0.2) is 0 Å². The first-order valence-corrected chi connectivity index (χ1v) is 8.40. The van der Waals surface area contributed by atoms with Gasteiger partial charge in [0, 0.05) is 18.5 Å². The molecule has 0 unspecified atom stereocenters. The SMILES string of the molecule is CCOC(=O)CN(Cc1ccccc1)C(=O)CCc1c(C)noc1C. The van der Waals surface area contributed by atoms with Crippen molar-refractivity contribution in [3.8, 4) is 0 Å². The lowest BCUT2D eigenvalue weighted by Crippen LogP contribution is -2.36. The molecule has 0 bridgehead atoms. The topological polar surface area (TPSA) is 72.6 Å². The molecular weight excluding hydrogens is 320 g/mol. The number of aryl methyl sites for hydroxylation is 2. The minimum atomic E-state index is -0.399. The number of rotatable bonds is 8. The summed E-state index contributed by atoms with van der Waals surface area (Å²) in [5, 5.41) is 3.91. The van der Waals surface area contributed by atoms with Crippen molar-refractivity contribution in [1.82, 2.24) is 10.1 Å². The van der Waals surface area contributed by atoms with Crippen LogP contribution >= 0.6 is 0 Å². The Morgan fingerprint density at radius 1 is 1.20 bits per heavy atom. The maximum absolute atomic E-state index is 12.7. The van der Waals surface area contributed by atoms with Gasteiger partial charge < -0.3 is 14.2 Å². The van der Waals surface area contributed by atoms with Gasteiger partial charge in [-0.05, 0) is 32.8 Å². The third-order valence-electron chi connectivity index (χ3n) is 3.96. The van der Waals surface area contributed by atoms with Crippen LogP contribution in [-0.2, 0) is 27.3 Å². The van der Waals surface area contributed by atoms with Crippen molar-refractivity contribution in [1.29, 1.82) is 0 Å². The monoisotopic (exact) mass is 344 g/mol. The summed E-state index contributed by atoms with van der Waals surface area (Å²) in [7, 11) is 0. The number of aromatic nitrogens is 1. The van der Waals surface area contributed by atoms with Gasteiger partial charge >= 0.3 is 5.97 Å². The van der Waals surface area contributed by atoms with Crippen LogP contribution in [0.3, 0.4) is 0 Å². The molecule has 1 heterocycles. The predicted octanol–water partition coefficient (Wildman–Crippen LogP) is 2.82. The van der Waals surface area contributed by atoms with Crippen LogP contribution in [-0.4, -0.2) is 35.1 Å². The smallest absolute Gasteiger partial charge is 0.325 e. The Balaban J connectivity index is 2.04. The molecule has 0 radical (unpaired) electrons. The summed E-state index contributed by atoms with van der Waals surface area (Å²) in [6.45, 7) is 6.06. The zero-order valence-corrected chi connectivity index (χ0v) is 14.9. The van der Waals surface area contributed by atoms with Crippen molar-refractivity contribution in [2.24, 2.45) is 0 Å². The second-order valence-corrected chi connectivity index (χ2v) is 5.84. The Morgan fingerprint density at radius 3 is 2.52 bits per heavy atom. The molecule has 0 aliphatic rings. The molecule has 0 spiro atoms. The van der Waals surface area contributed by atoms with Crippen LogP contribution in [0.2, 0.25) is 0 Å². The van der Waals surface area contributed by atoms with Gasteiger partial charge in [-0.2, -0.15) is 0 Å². The fourth-order valence-electron chi connectivity index (χ4n) is 2.65. The second-order valence-electron chi connectivity index (χ2n) is 5.84. The van der Waals surface area contributed by atoms with Crippen molar-refractivity contribution < 1.29 is 18.8 Å². The molecule has 0 saturated heterocycles. The van der Waals surface area contributed by atoms with Crippen molar-refractivity contribution in [3.63, 3.8) is 0 Å². The lowest BCUT2D eigenvalue weighted by molar-refractivity contribution is -0.149. The summed E-state index contributed by atoms with van der Waals surface area (Å²) in [4.78, 5) is 26.1. The van der Waals surface area contributed by atoms with Gasteiger partial charge in [0.2, 0.25) is 5.91 Å². The largest absolute Gasteiger partial charge is 0.465 e. The maximum atomic E-state index is 12.7. The highest BCUT2D eigenvalue weighted by Gasteiger charge is 2.19. The van der Waals surface area contributed by atoms with Gasteiger partial charge in [0.05, 0.1) is 12.3 Å². The molecule has 0 atom stereocenters. The fourth-order valence-corrected chi connectivity index (χ4v) is 2.65. The van der Waals surface area contributed by atoms with E-state index in [1.165, 1.54) is 4.90 Å².